The summed E-state index contributed by atoms with van der Waals surface area (Å²) in [5.74, 6) is 1.66. The van der Waals surface area contributed by atoms with E-state index in [-0.39, 0.29) is 12.4 Å². The molecule has 1 aromatic heterocycles. The molecule has 2 aliphatic rings. The van der Waals surface area contributed by atoms with E-state index in [4.69, 9.17) is 5.73 Å². The number of likely N-dealkylation sites (tertiary alicyclic amines) is 1. The number of nitrogens with zero attached hydrogens (tertiary/aromatic N) is 1. The number of nitrogens with two attached hydrogens (primary N) is 1. The molecule has 3 unspecified atom stereocenters. The first-order valence-corrected chi connectivity index (χ1v) is 7.13. The van der Waals surface area contributed by atoms with Crippen molar-refractivity contribution in [2.75, 3.05) is 13.1 Å². The van der Waals surface area contributed by atoms with Crippen molar-refractivity contribution in [3.05, 3.63) is 21.9 Å². The number of hydrogen-bond acceptors (Lipinski definition) is 3. The highest BCUT2D eigenvalue weighted by Gasteiger charge is 2.40. The van der Waals surface area contributed by atoms with Gasteiger partial charge in [0.2, 0.25) is 0 Å². The van der Waals surface area contributed by atoms with Gasteiger partial charge in [0.05, 0.1) is 0 Å². The van der Waals surface area contributed by atoms with Gasteiger partial charge < -0.3 is 5.73 Å². The van der Waals surface area contributed by atoms with Crippen LogP contribution < -0.4 is 5.73 Å². The molecular formula is C13H21ClN2S. The maximum absolute atomic E-state index is 6.16. The van der Waals surface area contributed by atoms with Crippen LogP contribution in [0.2, 0.25) is 0 Å². The van der Waals surface area contributed by atoms with E-state index in [1.54, 1.807) is 0 Å². The van der Waals surface area contributed by atoms with E-state index in [9.17, 15) is 0 Å². The Morgan fingerprint density at radius 3 is 2.88 bits per heavy atom. The monoisotopic (exact) mass is 272 g/mol. The first-order chi connectivity index (χ1) is 7.74. The largest absolute Gasteiger partial charge is 0.327 e. The summed E-state index contributed by atoms with van der Waals surface area (Å²) in [6.45, 7) is 5.86. The zero-order chi connectivity index (χ0) is 11.1. The van der Waals surface area contributed by atoms with Crippen LogP contribution in [0.5, 0.6) is 0 Å². The van der Waals surface area contributed by atoms with Gasteiger partial charge in [-0.3, -0.25) is 4.90 Å². The van der Waals surface area contributed by atoms with Crippen LogP contribution in [0.1, 0.15) is 23.3 Å². The maximum atomic E-state index is 6.16. The number of thiophene rings is 1. The van der Waals surface area contributed by atoms with Crippen LogP contribution >= 0.6 is 23.7 Å². The maximum Gasteiger partial charge on any atom is 0.0330 e. The Morgan fingerprint density at radius 1 is 1.41 bits per heavy atom. The van der Waals surface area contributed by atoms with Crippen LogP contribution in [0, 0.1) is 18.8 Å². The molecule has 0 radical (unpaired) electrons. The Kier molecular flexibility index (Phi) is 4.14. The summed E-state index contributed by atoms with van der Waals surface area (Å²) in [7, 11) is 0. The highest BCUT2D eigenvalue weighted by atomic mass is 35.5. The molecule has 4 heteroatoms. The SMILES string of the molecule is Cc1ccsc1CN1CC2CCC(N)C2C1.Cl. The topological polar surface area (TPSA) is 29.3 Å². The molecule has 1 aliphatic carbocycles. The summed E-state index contributed by atoms with van der Waals surface area (Å²) in [4.78, 5) is 4.14. The molecule has 3 atom stereocenters. The van der Waals surface area contributed by atoms with E-state index in [0.29, 0.717) is 6.04 Å². The lowest BCUT2D eigenvalue weighted by molar-refractivity contribution is 0.300. The molecule has 0 bridgehead atoms. The molecule has 2 heterocycles. The molecule has 3 rings (SSSR count). The number of hydrogen-bond donors (Lipinski definition) is 1. The number of rotatable bonds is 2. The normalized spacial score (nSPS) is 32.5. The molecule has 0 amide bonds. The molecule has 2 nitrogen and oxygen atoms in total. The molecule has 2 fully saturated rings. The van der Waals surface area contributed by atoms with Crippen molar-refractivity contribution < 1.29 is 0 Å². The van der Waals surface area contributed by atoms with E-state index >= 15 is 0 Å². The van der Waals surface area contributed by atoms with E-state index in [0.717, 1.165) is 18.4 Å². The lowest BCUT2D eigenvalue weighted by Crippen LogP contribution is -2.30. The van der Waals surface area contributed by atoms with Gasteiger partial charge in [-0.15, -0.1) is 23.7 Å². The predicted octanol–water partition coefficient (Wildman–Crippen LogP) is 2.65. The van der Waals surface area contributed by atoms with Gasteiger partial charge in [-0.1, -0.05) is 0 Å². The second-order valence-electron chi connectivity index (χ2n) is 5.39. The zero-order valence-electron chi connectivity index (χ0n) is 10.3. The number of fused-ring (bicyclic) bond motifs is 1. The van der Waals surface area contributed by atoms with Crippen LogP contribution in [0.25, 0.3) is 0 Å². The summed E-state index contributed by atoms with van der Waals surface area (Å²) in [5.41, 5.74) is 7.61. The summed E-state index contributed by atoms with van der Waals surface area (Å²) >= 11 is 1.89. The molecule has 1 saturated carbocycles. The number of halogens is 1. The highest BCUT2D eigenvalue weighted by Crippen LogP contribution is 2.38. The van der Waals surface area contributed by atoms with Gasteiger partial charge in [-0.2, -0.15) is 0 Å². The number of aryl methyl sites for hydroxylation is 1. The minimum atomic E-state index is 0. The Hall–Kier alpha value is -0.0900. The summed E-state index contributed by atoms with van der Waals surface area (Å²) in [6.07, 6.45) is 2.60. The minimum Gasteiger partial charge on any atom is -0.327 e. The molecule has 0 aromatic carbocycles. The summed E-state index contributed by atoms with van der Waals surface area (Å²) < 4.78 is 0. The predicted molar refractivity (Wildman–Crippen MR) is 75.8 cm³/mol. The standard InChI is InChI=1S/C13H20N2S.ClH/c1-9-4-5-16-13(9)8-15-6-10-2-3-12(14)11(10)7-15;/h4-5,10-12H,2-3,6-8,14H2,1H3;1H. The molecule has 96 valence electrons. The van der Waals surface area contributed by atoms with Crippen molar-refractivity contribution in [2.24, 2.45) is 17.6 Å². The third-order valence-corrected chi connectivity index (χ3v) is 5.33. The summed E-state index contributed by atoms with van der Waals surface area (Å²) in [5, 5.41) is 2.20. The minimum absolute atomic E-state index is 0. The average molecular weight is 273 g/mol. The van der Waals surface area contributed by atoms with Gasteiger partial charge in [0, 0.05) is 30.6 Å². The fourth-order valence-corrected chi connectivity index (χ4v) is 4.25. The van der Waals surface area contributed by atoms with Crippen LogP contribution in [-0.2, 0) is 6.54 Å². The first kappa shape index (κ1) is 13.3. The van der Waals surface area contributed by atoms with Crippen molar-refractivity contribution >= 4 is 23.7 Å². The molecular weight excluding hydrogens is 252 g/mol. The Labute approximate surface area is 114 Å². The summed E-state index contributed by atoms with van der Waals surface area (Å²) in [6, 6.07) is 2.70. The zero-order valence-corrected chi connectivity index (χ0v) is 11.9. The lowest BCUT2D eigenvalue weighted by Gasteiger charge is -2.17. The van der Waals surface area contributed by atoms with Crippen molar-refractivity contribution in [2.45, 2.75) is 32.4 Å². The fourth-order valence-electron chi connectivity index (χ4n) is 3.30. The molecule has 17 heavy (non-hydrogen) atoms. The van der Waals surface area contributed by atoms with E-state index in [1.807, 2.05) is 11.3 Å². The quantitative estimate of drug-likeness (QED) is 0.897. The van der Waals surface area contributed by atoms with Gasteiger partial charge in [0.25, 0.3) is 0 Å². The Bertz CT molecular complexity index is 379. The second-order valence-corrected chi connectivity index (χ2v) is 6.39. The van der Waals surface area contributed by atoms with Crippen LogP contribution in [0.4, 0.5) is 0 Å². The van der Waals surface area contributed by atoms with Crippen LogP contribution in [-0.4, -0.2) is 24.0 Å². The van der Waals surface area contributed by atoms with Crippen LogP contribution in [0.3, 0.4) is 0 Å². The smallest absolute Gasteiger partial charge is 0.0330 e. The molecule has 0 spiro atoms. The van der Waals surface area contributed by atoms with Crippen LogP contribution in [0.15, 0.2) is 11.4 Å². The van der Waals surface area contributed by atoms with E-state index in [1.165, 1.54) is 36.4 Å². The molecule has 1 aliphatic heterocycles. The molecule has 2 N–H and O–H groups in total. The van der Waals surface area contributed by atoms with Gasteiger partial charge >= 0.3 is 0 Å². The molecule has 1 aromatic rings. The fraction of sp³-hybridized carbons (Fsp3) is 0.692. The third kappa shape index (κ3) is 2.53. The Morgan fingerprint density at radius 2 is 2.24 bits per heavy atom. The van der Waals surface area contributed by atoms with Crippen molar-refractivity contribution in [3.63, 3.8) is 0 Å². The van der Waals surface area contributed by atoms with Gasteiger partial charge in [-0.05, 0) is 48.6 Å². The van der Waals surface area contributed by atoms with Gasteiger partial charge in [-0.25, -0.2) is 0 Å². The van der Waals surface area contributed by atoms with Gasteiger partial charge in [0.15, 0.2) is 0 Å². The van der Waals surface area contributed by atoms with Crippen molar-refractivity contribution in [3.8, 4) is 0 Å². The van der Waals surface area contributed by atoms with E-state index in [2.05, 4.69) is 23.3 Å². The van der Waals surface area contributed by atoms with E-state index < -0.39 is 0 Å². The highest BCUT2D eigenvalue weighted by molar-refractivity contribution is 7.10. The van der Waals surface area contributed by atoms with Gasteiger partial charge in [0.1, 0.15) is 0 Å². The van der Waals surface area contributed by atoms with Crippen molar-refractivity contribution in [1.29, 1.82) is 0 Å². The third-order valence-electron chi connectivity index (χ3n) is 4.32. The first-order valence-electron chi connectivity index (χ1n) is 6.25. The second kappa shape index (κ2) is 5.27. The van der Waals surface area contributed by atoms with Crippen molar-refractivity contribution in [1.82, 2.24) is 4.90 Å². The Balaban J connectivity index is 0.00000108. The lowest BCUT2D eigenvalue weighted by atomic mass is 9.98. The average Bonchev–Trinajstić information content (AvgIpc) is 2.90. The molecule has 1 saturated heterocycles.